The molecule has 3 atom stereocenters. The topological polar surface area (TPSA) is 105 Å². The van der Waals surface area contributed by atoms with Crippen LogP contribution in [0.4, 0.5) is 4.79 Å². The number of nitrogens with zero attached hydrogens (tertiary/aromatic N) is 1. The molecule has 2 aromatic carbocycles. The van der Waals surface area contributed by atoms with Gasteiger partial charge < -0.3 is 19.9 Å². The van der Waals surface area contributed by atoms with E-state index in [0.717, 1.165) is 31.2 Å². The van der Waals surface area contributed by atoms with Crippen molar-refractivity contribution in [1.82, 2.24) is 9.62 Å². The van der Waals surface area contributed by atoms with Crippen LogP contribution in [-0.4, -0.2) is 68.5 Å². The molecule has 2 aliphatic rings. The predicted molar refractivity (Wildman–Crippen MR) is 136 cm³/mol. The van der Waals surface area contributed by atoms with Gasteiger partial charge in [0.1, 0.15) is 6.10 Å². The maximum Gasteiger partial charge on any atom is 0.407 e. The van der Waals surface area contributed by atoms with E-state index in [1.807, 2.05) is 30.3 Å². The lowest BCUT2D eigenvalue weighted by Gasteiger charge is -2.31. The Hall–Kier alpha value is -2.46. The zero-order valence-corrected chi connectivity index (χ0v) is 21.3. The van der Waals surface area contributed by atoms with Crippen molar-refractivity contribution in [3.05, 3.63) is 66.2 Å². The van der Waals surface area contributed by atoms with Gasteiger partial charge in [-0.15, -0.1) is 0 Å². The minimum Gasteiger partial charge on any atom is -0.444 e. The van der Waals surface area contributed by atoms with Gasteiger partial charge in [0.05, 0.1) is 30.3 Å². The number of rotatable bonds is 11. The van der Waals surface area contributed by atoms with E-state index in [1.54, 1.807) is 30.3 Å². The molecule has 1 aliphatic heterocycles. The van der Waals surface area contributed by atoms with Crippen molar-refractivity contribution in [3.8, 4) is 0 Å². The monoisotopic (exact) mass is 516 g/mol. The molecule has 36 heavy (non-hydrogen) atoms. The van der Waals surface area contributed by atoms with Gasteiger partial charge in [0.25, 0.3) is 0 Å². The summed E-state index contributed by atoms with van der Waals surface area (Å²) in [4.78, 5) is 12.9. The third-order valence-electron chi connectivity index (χ3n) is 6.94. The van der Waals surface area contributed by atoms with Gasteiger partial charge in [-0.3, -0.25) is 0 Å². The second kappa shape index (κ2) is 12.7. The molecule has 0 spiro atoms. The number of aliphatic hydroxyl groups excluding tert-OH is 1. The first-order valence-electron chi connectivity index (χ1n) is 12.7. The van der Waals surface area contributed by atoms with Crippen molar-refractivity contribution >= 4 is 16.1 Å². The van der Waals surface area contributed by atoms with Crippen molar-refractivity contribution in [2.75, 3.05) is 26.3 Å². The number of amides is 1. The van der Waals surface area contributed by atoms with Gasteiger partial charge in [-0.2, -0.15) is 4.31 Å². The molecule has 2 aromatic rings. The van der Waals surface area contributed by atoms with Crippen LogP contribution in [0.15, 0.2) is 65.6 Å². The number of carbonyl (C=O) groups excluding carboxylic acids is 1. The highest BCUT2D eigenvalue weighted by Gasteiger charge is 2.33. The lowest BCUT2D eigenvalue weighted by atomic mass is 10.0. The first kappa shape index (κ1) is 26.6. The first-order chi connectivity index (χ1) is 17.4. The molecule has 196 valence electrons. The Morgan fingerprint density at radius 2 is 1.72 bits per heavy atom. The van der Waals surface area contributed by atoms with Gasteiger partial charge in [-0.1, -0.05) is 61.4 Å². The Balaban J connectivity index is 1.52. The molecular weight excluding hydrogens is 480 g/mol. The van der Waals surface area contributed by atoms with Gasteiger partial charge in [-0.25, -0.2) is 13.2 Å². The van der Waals surface area contributed by atoms with Crippen LogP contribution in [0.3, 0.4) is 0 Å². The summed E-state index contributed by atoms with van der Waals surface area (Å²) < 4.78 is 39.3. The molecule has 1 heterocycles. The quantitative estimate of drug-likeness (QED) is 0.475. The van der Waals surface area contributed by atoms with Gasteiger partial charge in [0.2, 0.25) is 10.0 Å². The molecule has 1 aliphatic carbocycles. The zero-order chi connectivity index (χ0) is 25.4. The van der Waals surface area contributed by atoms with Gasteiger partial charge in [0, 0.05) is 19.5 Å². The highest BCUT2D eigenvalue weighted by molar-refractivity contribution is 7.89. The number of hydrogen-bond acceptors (Lipinski definition) is 6. The molecule has 0 bridgehead atoms. The largest absolute Gasteiger partial charge is 0.444 e. The summed E-state index contributed by atoms with van der Waals surface area (Å²) in [5, 5.41) is 14.1. The van der Waals surface area contributed by atoms with E-state index < -0.39 is 28.3 Å². The highest BCUT2D eigenvalue weighted by atomic mass is 32.2. The molecule has 2 fully saturated rings. The molecule has 1 unspecified atom stereocenters. The second-order valence-corrected chi connectivity index (χ2v) is 11.6. The Bertz CT molecular complexity index is 1050. The number of carbonyl (C=O) groups is 1. The zero-order valence-electron chi connectivity index (χ0n) is 20.5. The van der Waals surface area contributed by atoms with E-state index in [1.165, 1.54) is 4.31 Å². The highest BCUT2D eigenvalue weighted by Crippen LogP contribution is 2.28. The molecule has 0 aromatic heterocycles. The minimum atomic E-state index is -3.82. The molecular formula is C27H36N2O6S. The number of aliphatic hydroxyl groups is 1. The fourth-order valence-electron chi connectivity index (χ4n) is 4.92. The van der Waals surface area contributed by atoms with Crippen molar-refractivity contribution in [2.45, 2.75) is 61.7 Å². The normalized spacial score (nSPS) is 20.3. The molecule has 2 N–H and O–H groups in total. The van der Waals surface area contributed by atoms with Crippen molar-refractivity contribution in [1.29, 1.82) is 0 Å². The van der Waals surface area contributed by atoms with Crippen LogP contribution in [0.2, 0.25) is 0 Å². The summed E-state index contributed by atoms with van der Waals surface area (Å²) in [6, 6.07) is 17.1. The summed E-state index contributed by atoms with van der Waals surface area (Å²) in [7, 11) is -3.82. The van der Waals surface area contributed by atoms with Crippen LogP contribution in [0.25, 0.3) is 0 Å². The van der Waals surface area contributed by atoms with Crippen LogP contribution in [0, 0.1) is 5.92 Å². The number of ether oxygens (including phenoxy) is 2. The van der Waals surface area contributed by atoms with E-state index >= 15 is 0 Å². The van der Waals surface area contributed by atoms with E-state index in [2.05, 4.69) is 5.32 Å². The molecule has 1 amide bonds. The Morgan fingerprint density at radius 3 is 2.36 bits per heavy atom. The Labute approximate surface area is 213 Å². The third-order valence-corrected chi connectivity index (χ3v) is 8.78. The van der Waals surface area contributed by atoms with Crippen LogP contribution < -0.4 is 5.32 Å². The molecule has 1 saturated carbocycles. The Kier molecular flexibility index (Phi) is 9.36. The summed E-state index contributed by atoms with van der Waals surface area (Å²) in [5.74, 6) is 0.253. The van der Waals surface area contributed by atoms with Crippen LogP contribution in [0.1, 0.15) is 37.7 Å². The van der Waals surface area contributed by atoms with Crippen molar-refractivity contribution < 1.29 is 27.8 Å². The first-order valence-corrected chi connectivity index (χ1v) is 14.2. The van der Waals surface area contributed by atoms with Gasteiger partial charge in [0.15, 0.2) is 0 Å². The average molecular weight is 517 g/mol. The number of sulfonamides is 1. The second-order valence-electron chi connectivity index (χ2n) is 9.68. The maximum absolute atomic E-state index is 13.6. The van der Waals surface area contributed by atoms with Crippen molar-refractivity contribution in [3.63, 3.8) is 0 Å². The molecule has 0 radical (unpaired) electrons. The number of nitrogens with one attached hydrogen (secondary N) is 1. The third kappa shape index (κ3) is 7.29. The van der Waals surface area contributed by atoms with Crippen LogP contribution in [0.5, 0.6) is 0 Å². The Morgan fingerprint density at radius 1 is 1.06 bits per heavy atom. The lowest BCUT2D eigenvalue weighted by Crippen LogP contribution is -2.51. The van der Waals surface area contributed by atoms with E-state index in [4.69, 9.17) is 9.47 Å². The smallest absolute Gasteiger partial charge is 0.407 e. The molecule has 8 nitrogen and oxygen atoms in total. The van der Waals surface area contributed by atoms with Gasteiger partial charge in [-0.05, 0) is 42.9 Å². The SMILES string of the molecule is O=C(NC(Cc1ccccc1)[C@@H](O)CN(CC1CCCC1)S(=O)(=O)c1ccccc1)O[C@H]1CCOC1. The lowest BCUT2D eigenvalue weighted by molar-refractivity contribution is 0.0641. The standard InChI is InChI=1S/C27H36N2O6S/c30-26(19-29(18-22-11-7-8-12-22)36(32,33)24-13-5-2-6-14-24)25(17-21-9-3-1-4-10-21)28-27(31)35-23-15-16-34-20-23/h1-6,9-10,13-14,22-23,25-26,30H,7-8,11-12,15-20H2,(H,28,31)/t23-,25?,26-/m0/s1. The van der Waals surface area contributed by atoms with Crippen LogP contribution >= 0.6 is 0 Å². The summed E-state index contributed by atoms with van der Waals surface area (Å²) in [6.07, 6.45) is 2.97. The van der Waals surface area contributed by atoms with Gasteiger partial charge >= 0.3 is 6.09 Å². The summed E-state index contributed by atoms with van der Waals surface area (Å²) in [5.41, 5.74) is 0.916. The fraction of sp³-hybridized carbons (Fsp3) is 0.519. The fourth-order valence-corrected chi connectivity index (χ4v) is 6.48. The van der Waals surface area contributed by atoms with E-state index in [0.29, 0.717) is 32.6 Å². The summed E-state index contributed by atoms with van der Waals surface area (Å²) in [6.45, 7) is 1.11. The van der Waals surface area contributed by atoms with Crippen molar-refractivity contribution in [2.24, 2.45) is 5.92 Å². The molecule has 4 rings (SSSR count). The predicted octanol–water partition coefficient (Wildman–Crippen LogP) is 3.35. The maximum atomic E-state index is 13.6. The summed E-state index contributed by atoms with van der Waals surface area (Å²) >= 11 is 0. The van der Waals surface area contributed by atoms with E-state index in [-0.39, 0.29) is 23.5 Å². The van der Waals surface area contributed by atoms with E-state index in [9.17, 15) is 18.3 Å². The van der Waals surface area contributed by atoms with Crippen LogP contribution in [-0.2, 0) is 25.9 Å². The molecule has 9 heteroatoms. The molecule has 1 saturated heterocycles. The number of benzene rings is 2. The number of hydrogen-bond donors (Lipinski definition) is 2. The minimum absolute atomic E-state index is 0.127. The number of alkyl carbamates (subject to hydrolysis) is 1. The average Bonchev–Trinajstić information content (AvgIpc) is 3.59.